The van der Waals surface area contributed by atoms with Gasteiger partial charge in [-0.15, -0.1) is 0 Å². The molecule has 0 saturated carbocycles. The number of rotatable bonds is 6. The lowest BCUT2D eigenvalue weighted by molar-refractivity contribution is 0.106. The van der Waals surface area contributed by atoms with Gasteiger partial charge in [0.2, 0.25) is 0 Å². The second kappa shape index (κ2) is 6.40. The Bertz CT molecular complexity index is 334. The minimum Gasteiger partial charge on any atom is -0.491 e. The summed E-state index contributed by atoms with van der Waals surface area (Å²) in [6.45, 7) is 3.11. The largest absolute Gasteiger partial charge is 0.491 e. The molecule has 0 heterocycles. The summed E-state index contributed by atoms with van der Waals surface area (Å²) in [6.07, 6.45) is -0.673. The van der Waals surface area contributed by atoms with E-state index in [0.717, 1.165) is 18.7 Å². The van der Waals surface area contributed by atoms with Crippen LogP contribution < -0.4 is 10.1 Å². The van der Waals surface area contributed by atoms with Crippen molar-refractivity contribution < 1.29 is 18.6 Å². The quantitative estimate of drug-likeness (QED) is 0.775. The summed E-state index contributed by atoms with van der Waals surface area (Å²) in [5.74, 6) is -1.67. The second-order valence-electron chi connectivity index (χ2n) is 3.35. The number of hydrogen-bond acceptors (Lipinski definition) is 3. The minimum absolute atomic E-state index is 0.0398. The molecule has 0 bridgehead atoms. The molecule has 1 aromatic carbocycles. The summed E-state index contributed by atoms with van der Waals surface area (Å²) >= 11 is 0. The van der Waals surface area contributed by atoms with Gasteiger partial charge in [0.1, 0.15) is 18.5 Å². The van der Waals surface area contributed by atoms with E-state index in [4.69, 9.17) is 4.74 Å². The maximum Gasteiger partial charge on any atom is 0.162 e. The molecular formula is C11H15F2NO2. The van der Waals surface area contributed by atoms with E-state index in [9.17, 15) is 13.9 Å². The average Bonchev–Trinajstić information content (AvgIpc) is 2.28. The van der Waals surface area contributed by atoms with E-state index in [0.29, 0.717) is 6.54 Å². The molecule has 1 rings (SSSR count). The molecule has 90 valence electrons. The molecule has 0 fully saturated rings. The molecule has 0 aromatic heterocycles. The smallest absolute Gasteiger partial charge is 0.162 e. The van der Waals surface area contributed by atoms with Gasteiger partial charge in [0, 0.05) is 12.6 Å². The summed E-state index contributed by atoms with van der Waals surface area (Å²) in [7, 11) is 0. The van der Waals surface area contributed by atoms with Crippen molar-refractivity contribution in [1.29, 1.82) is 0 Å². The highest BCUT2D eigenvalue weighted by atomic mass is 19.2. The lowest BCUT2D eigenvalue weighted by Crippen LogP contribution is -2.31. The molecule has 1 aromatic rings. The predicted molar refractivity (Wildman–Crippen MR) is 56.4 cm³/mol. The zero-order valence-electron chi connectivity index (χ0n) is 9.04. The van der Waals surface area contributed by atoms with Gasteiger partial charge in [-0.05, 0) is 18.7 Å². The van der Waals surface area contributed by atoms with Crippen molar-refractivity contribution in [3.05, 3.63) is 29.8 Å². The van der Waals surface area contributed by atoms with Gasteiger partial charge in [0.25, 0.3) is 0 Å². The van der Waals surface area contributed by atoms with E-state index in [1.165, 1.54) is 6.07 Å². The van der Waals surface area contributed by atoms with Gasteiger partial charge in [-0.2, -0.15) is 0 Å². The van der Waals surface area contributed by atoms with Crippen molar-refractivity contribution in [3.63, 3.8) is 0 Å². The predicted octanol–water partition coefficient (Wildman–Crippen LogP) is 1.31. The van der Waals surface area contributed by atoms with E-state index >= 15 is 0 Å². The molecule has 0 aliphatic carbocycles. The normalized spacial score (nSPS) is 12.5. The van der Waals surface area contributed by atoms with E-state index in [1.807, 2.05) is 6.92 Å². The summed E-state index contributed by atoms with van der Waals surface area (Å²) in [6, 6.07) is 3.26. The van der Waals surface area contributed by atoms with Crippen LogP contribution in [-0.4, -0.2) is 30.9 Å². The van der Waals surface area contributed by atoms with Crippen molar-refractivity contribution >= 4 is 0 Å². The average molecular weight is 231 g/mol. The van der Waals surface area contributed by atoms with Crippen molar-refractivity contribution in [2.24, 2.45) is 0 Å². The number of aliphatic hydroxyl groups excluding tert-OH is 1. The van der Waals surface area contributed by atoms with E-state index in [1.54, 1.807) is 0 Å². The molecule has 5 heteroatoms. The Morgan fingerprint density at radius 1 is 1.38 bits per heavy atom. The van der Waals surface area contributed by atoms with Gasteiger partial charge >= 0.3 is 0 Å². The molecule has 0 aliphatic heterocycles. The van der Waals surface area contributed by atoms with Crippen molar-refractivity contribution in [3.8, 4) is 5.75 Å². The van der Waals surface area contributed by atoms with Gasteiger partial charge in [-0.3, -0.25) is 0 Å². The molecule has 0 spiro atoms. The van der Waals surface area contributed by atoms with Crippen LogP contribution in [-0.2, 0) is 0 Å². The van der Waals surface area contributed by atoms with Gasteiger partial charge < -0.3 is 15.2 Å². The van der Waals surface area contributed by atoms with E-state index in [-0.39, 0.29) is 12.4 Å². The van der Waals surface area contributed by atoms with Crippen molar-refractivity contribution in [1.82, 2.24) is 5.32 Å². The van der Waals surface area contributed by atoms with Gasteiger partial charge in [-0.25, -0.2) is 8.78 Å². The summed E-state index contributed by atoms with van der Waals surface area (Å²) in [5, 5.41) is 12.4. The second-order valence-corrected chi connectivity index (χ2v) is 3.35. The van der Waals surface area contributed by atoms with Gasteiger partial charge in [-0.1, -0.05) is 6.92 Å². The van der Waals surface area contributed by atoms with Gasteiger partial charge in [0.15, 0.2) is 11.6 Å². The molecule has 0 saturated heterocycles. The maximum atomic E-state index is 12.8. The highest BCUT2D eigenvalue weighted by Gasteiger charge is 2.06. The molecule has 1 atom stereocenters. The number of hydrogen-bond donors (Lipinski definition) is 2. The fourth-order valence-electron chi connectivity index (χ4n) is 1.13. The van der Waals surface area contributed by atoms with Crippen LogP contribution in [0.15, 0.2) is 18.2 Å². The third kappa shape index (κ3) is 4.12. The third-order valence-electron chi connectivity index (χ3n) is 1.96. The number of benzene rings is 1. The fraction of sp³-hybridized carbons (Fsp3) is 0.455. The van der Waals surface area contributed by atoms with Crippen molar-refractivity contribution in [2.75, 3.05) is 19.7 Å². The minimum atomic E-state index is -0.960. The molecule has 0 aliphatic rings. The summed E-state index contributed by atoms with van der Waals surface area (Å²) in [4.78, 5) is 0. The maximum absolute atomic E-state index is 12.8. The molecule has 1 unspecified atom stereocenters. The van der Waals surface area contributed by atoms with Crippen LogP contribution in [0.25, 0.3) is 0 Å². The Labute approximate surface area is 93.0 Å². The highest BCUT2D eigenvalue weighted by molar-refractivity contribution is 5.23. The zero-order valence-corrected chi connectivity index (χ0v) is 9.04. The molecule has 3 nitrogen and oxygen atoms in total. The monoisotopic (exact) mass is 231 g/mol. The third-order valence-corrected chi connectivity index (χ3v) is 1.96. The summed E-state index contributed by atoms with van der Waals surface area (Å²) < 4.78 is 30.5. The fourth-order valence-corrected chi connectivity index (χ4v) is 1.13. The lowest BCUT2D eigenvalue weighted by Gasteiger charge is -2.12. The first-order valence-corrected chi connectivity index (χ1v) is 5.10. The number of likely N-dealkylation sites (N-methyl/N-ethyl adjacent to an activating group) is 1. The standard InChI is InChI=1S/C11H15F2NO2/c1-2-14-6-8(15)7-16-9-3-4-10(12)11(13)5-9/h3-5,8,14-15H,2,6-7H2,1H3. The van der Waals surface area contributed by atoms with Crippen LogP contribution in [0.5, 0.6) is 5.75 Å². The van der Waals surface area contributed by atoms with Crippen LogP contribution in [0, 0.1) is 11.6 Å². The van der Waals surface area contributed by atoms with Crippen LogP contribution in [0.3, 0.4) is 0 Å². The Kier molecular flexibility index (Phi) is 5.14. The Balaban J connectivity index is 2.39. The lowest BCUT2D eigenvalue weighted by atomic mass is 10.3. The Hall–Kier alpha value is -1.20. The van der Waals surface area contributed by atoms with Crippen LogP contribution in [0.4, 0.5) is 8.78 Å². The Morgan fingerprint density at radius 3 is 2.75 bits per heavy atom. The molecular weight excluding hydrogens is 216 g/mol. The molecule has 0 radical (unpaired) electrons. The topological polar surface area (TPSA) is 41.5 Å². The summed E-state index contributed by atoms with van der Waals surface area (Å²) in [5.41, 5.74) is 0. The number of ether oxygens (including phenoxy) is 1. The zero-order chi connectivity index (χ0) is 12.0. The SMILES string of the molecule is CCNCC(O)COc1ccc(F)c(F)c1. The first kappa shape index (κ1) is 12.9. The number of halogens is 2. The molecule has 0 amide bonds. The van der Waals surface area contributed by atoms with Crippen molar-refractivity contribution in [2.45, 2.75) is 13.0 Å². The molecule has 16 heavy (non-hydrogen) atoms. The first-order valence-electron chi connectivity index (χ1n) is 5.10. The van der Waals surface area contributed by atoms with Crippen LogP contribution in [0.1, 0.15) is 6.92 Å². The number of aliphatic hydroxyl groups is 1. The van der Waals surface area contributed by atoms with Crippen LogP contribution in [0.2, 0.25) is 0 Å². The van der Waals surface area contributed by atoms with Gasteiger partial charge in [0.05, 0.1) is 0 Å². The van der Waals surface area contributed by atoms with E-state index < -0.39 is 17.7 Å². The van der Waals surface area contributed by atoms with Crippen LogP contribution >= 0.6 is 0 Å². The Morgan fingerprint density at radius 2 is 2.12 bits per heavy atom. The number of nitrogens with one attached hydrogen (secondary N) is 1. The van der Waals surface area contributed by atoms with E-state index in [2.05, 4.69) is 5.32 Å². The molecule has 2 N–H and O–H groups in total. The first-order chi connectivity index (χ1) is 7.63. The highest BCUT2D eigenvalue weighted by Crippen LogP contribution is 2.15.